The van der Waals surface area contributed by atoms with Crippen LogP contribution < -0.4 is 5.32 Å². The number of carbonyl (C=O) groups excluding carboxylic acids is 1. The number of carboxylic acids is 1. The summed E-state index contributed by atoms with van der Waals surface area (Å²) in [6.45, 7) is 5.99. The minimum absolute atomic E-state index is 0.214. The predicted molar refractivity (Wildman–Crippen MR) is 93.4 cm³/mol. The number of rotatable bonds is 5. The quantitative estimate of drug-likeness (QED) is 0.872. The van der Waals surface area contributed by atoms with Crippen LogP contribution in [-0.2, 0) is 9.53 Å². The summed E-state index contributed by atoms with van der Waals surface area (Å²) < 4.78 is 5.63. The molecule has 2 atom stereocenters. The minimum Gasteiger partial charge on any atom is -0.479 e. The standard InChI is InChI=1S/C19H22N2O4/c1-4-25-14-11-19(17(23)24,18(14,2)3)21-16(22)15-13-8-6-5-7-12(13)9-10-20-15/h5-10,14H,4,11H2,1-3H3,(H,21,22)(H,23,24)/t14-,19-/m0/s1. The van der Waals surface area contributed by atoms with Crippen molar-refractivity contribution in [1.29, 1.82) is 0 Å². The maximum Gasteiger partial charge on any atom is 0.330 e. The number of carbonyl (C=O) groups is 2. The van der Waals surface area contributed by atoms with Crippen LogP contribution in [0.4, 0.5) is 0 Å². The number of carboxylic acid groups (broad SMARTS) is 1. The van der Waals surface area contributed by atoms with Crippen molar-refractivity contribution < 1.29 is 19.4 Å². The molecule has 1 aromatic heterocycles. The Morgan fingerprint density at radius 3 is 2.68 bits per heavy atom. The fourth-order valence-corrected chi connectivity index (χ4v) is 3.59. The van der Waals surface area contributed by atoms with Crippen LogP contribution in [0.15, 0.2) is 36.5 Å². The van der Waals surface area contributed by atoms with E-state index in [-0.39, 0.29) is 18.2 Å². The number of aliphatic carboxylic acids is 1. The van der Waals surface area contributed by atoms with Crippen molar-refractivity contribution in [2.24, 2.45) is 5.41 Å². The molecule has 0 saturated heterocycles. The fraction of sp³-hybridized carbons (Fsp3) is 0.421. The first-order valence-corrected chi connectivity index (χ1v) is 8.34. The van der Waals surface area contributed by atoms with Crippen molar-refractivity contribution in [2.75, 3.05) is 6.61 Å². The summed E-state index contributed by atoms with van der Waals surface area (Å²) in [6.07, 6.45) is 1.58. The van der Waals surface area contributed by atoms with Crippen LogP contribution in [0.25, 0.3) is 10.8 Å². The Bertz CT molecular complexity index is 828. The number of hydrogen-bond donors (Lipinski definition) is 2. The summed E-state index contributed by atoms with van der Waals surface area (Å²) in [7, 11) is 0. The van der Waals surface area contributed by atoms with Crippen LogP contribution >= 0.6 is 0 Å². The predicted octanol–water partition coefficient (Wildman–Crippen LogP) is 2.62. The molecule has 6 heteroatoms. The molecule has 1 aliphatic carbocycles. The van der Waals surface area contributed by atoms with Gasteiger partial charge >= 0.3 is 5.97 Å². The maximum absolute atomic E-state index is 12.8. The van der Waals surface area contributed by atoms with Crippen molar-refractivity contribution in [1.82, 2.24) is 10.3 Å². The Balaban J connectivity index is 1.94. The molecule has 6 nitrogen and oxygen atoms in total. The van der Waals surface area contributed by atoms with Gasteiger partial charge in [-0.05, 0) is 18.4 Å². The summed E-state index contributed by atoms with van der Waals surface area (Å²) in [5.41, 5.74) is -1.87. The molecule has 1 heterocycles. The molecular formula is C19H22N2O4. The van der Waals surface area contributed by atoms with Gasteiger partial charge in [0.2, 0.25) is 0 Å². The molecule has 2 N–H and O–H groups in total. The second-order valence-electron chi connectivity index (χ2n) is 6.92. The molecule has 2 aromatic rings. The second kappa shape index (κ2) is 6.11. The van der Waals surface area contributed by atoms with Gasteiger partial charge in [0.05, 0.1) is 6.10 Å². The van der Waals surface area contributed by atoms with Gasteiger partial charge in [0.1, 0.15) is 11.2 Å². The highest BCUT2D eigenvalue weighted by Crippen LogP contribution is 2.51. The smallest absolute Gasteiger partial charge is 0.330 e. The van der Waals surface area contributed by atoms with Gasteiger partial charge in [0.15, 0.2) is 0 Å². The molecule has 0 bridgehead atoms. The van der Waals surface area contributed by atoms with Crippen LogP contribution in [0.1, 0.15) is 37.7 Å². The number of pyridine rings is 1. The second-order valence-corrected chi connectivity index (χ2v) is 6.92. The third-order valence-corrected chi connectivity index (χ3v) is 5.35. The molecule has 1 amide bonds. The van der Waals surface area contributed by atoms with Crippen molar-refractivity contribution in [3.63, 3.8) is 0 Å². The summed E-state index contributed by atoms with van der Waals surface area (Å²) >= 11 is 0. The highest BCUT2D eigenvalue weighted by atomic mass is 16.5. The van der Waals surface area contributed by atoms with Gasteiger partial charge in [-0.1, -0.05) is 38.1 Å². The van der Waals surface area contributed by atoms with E-state index in [4.69, 9.17) is 4.74 Å². The lowest BCUT2D eigenvalue weighted by atomic mass is 9.54. The van der Waals surface area contributed by atoms with Gasteiger partial charge in [-0.3, -0.25) is 9.78 Å². The lowest BCUT2D eigenvalue weighted by molar-refractivity contribution is -0.190. The SMILES string of the molecule is CCO[C@H]1C[C@](NC(=O)c2nccc3ccccc23)(C(=O)O)C1(C)C. The number of aromatic nitrogens is 1. The molecule has 25 heavy (non-hydrogen) atoms. The maximum atomic E-state index is 12.8. The van der Waals surface area contributed by atoms with E-state index in [9.17, 15) is 14.7 Å². The normalized spacial score (nSPS) is 24.5. The zero-order valence-corrected chi connectivity index (χ0v) is 14.6. The molecule has 0 radical (unpaired) electrons. The van der Waals surface area contributed by atoms with Crippen LogP contribution in [0, 0.1) is 5.41 Å². The Morgan fingerprint density at radius 1 is 1.32 bits per heavy atom. The Hall–Kier alpha value is -2.47. The van der Waals surface area contributed by atoms with Crippen molar-refractivity contribution >= 4 is 22.6 Å². The first-order valence-electron chi connectivity index (χ1n) is 8.34. The third-order valence-electron chi connectivity index (χ3n) is 5.35. The average molecular weight is 342 g/mol. The van der Waals surface area contributed by atoms with Crippen LogP contribution in [0.5, 0.6) is 0 Å². The molecular weight excluding hydrogens is 320 g/mol. The molecule has 0 unspecified atom stereocenters. The molecule has 1 fully saturated rings. The number of benzene rings is 1. The molecule has 1 aromatic carbocycles. The lowest BCUT2D eigenvalue weighted by Crippen LogP contribution is -2.76. The lowest BCUT2D eigenvalue weighted by Gasteiger charge is -2.58. The van der Waals surface area contributed by atoms with Gasteiger partial charge in [-0.2, -0.15) is 0 Å². The zero-order valence-electron chi connectivity index (χ0n) is 14.6. The van der Waals surface area contributed by atoms with E-state index in [0.29, 0.717) is 12.0 Å². The highest BCUT2D eigenvalue weighted by molar-refractivity contribution is 6.07. The summed E-state index contributed by atoms with van der Waals surface area (Å²) in [4.78, 5) is 29.0. The number of ether oxygens (including phenoxy) is 1. The summed E-state index contributed by atoms with van der Waals surface area (Å²) in [6, 6.07) is 9.22. The number of nitrogens with zero attached hydrogens (tertiary/aromatic N) is 1. The van der Waals surface area contributed by atoms with Crippen LogP contribution in [-0.4, -0.2) is 40.2 Å². The Labute approximate surface area is 146 Å². The average Bonchev–Trinajstić information content (AvgIpc) is 2.59. The number of amides is 1. The van der Waals surface area contributed by atoms with Gasteiger partial charge in [-0.15, -0.1) is 0 Å². The number of nitrogens with one attached hydrogen (secondary N) is 1. The first-order chi connectivity index (χ1) is 11.8. The molecule has 3 rings (SSSR count). The van der Waals surface area contributed by atoms with Crippen molar-refractivity contribution in [2.45, 2.75) is 38.8 Å². The fourth-order valence-electron chi connectivity index (χ4n) is 3.59. The monoisotopic (exact) mass is 342 g/mol. The molecule has 0 spiro atoms. The largest absolute Gasteiger partial charge is 0.479 e. The van der Waals surface area contributed by atoms with E-state index in [1.165, 1.54) is 0 Å². The topological polar surface area (TPSA) is 88.5 Å². The highest BCUT2D eigenvalue weighted by Gasteiger charge is 2.66. The van der Waals surface area contributed by atoms with Gasteiger partial charge in [0, 0.05) is 30.0 Å². The van der Waals surface area contributed by atoms with Gasteiger partial charge in [-0.25, -0.2) is 4.79 Å². The zero-order chi connectivity index (χ0) is 18.2. The van der Waals surface area contributed by atoms with Gasteiger partial charge < -0.3 is 15.2 Å². The van der Waals surface area contributed by atoms with Crippen LogP contribution in [0.2, 0.25) is 0 Å². The van der Waals surface area contributed by atoms with E-state index < -0.39 is 22.8 Å². The number of fused-ring (bicyclic) bond motifs is 1. The van der Waals surface area contributed by atoms with E-state index in [1.54, 1.807) is 12.3 Å². The molecule has 1 saturated carbocycles. The number of hydrogen-bond acceptors (Lipinski definition) is 4. The molecule has 132 valence electrons. The van der Waals surface area contributed by atoms with E-state index in [2.05, 4.69) is 10.3 Å². The Morgan fingerprint density at radius 2 is 2.04 bits per heavy atom. The van der Waals surface area contributed by atoms with Crippen molar-refractivity contribution in [3.05, 3.63) is 42.2 Å². The third kappa shape index (κ3) is 2.57. The first kappa shape index (κ1) is 17.4. The summed E-state index contributed by atoms with van der Waals surface area (Å²) in [5, 5.41) is 14.1. The molecule has 0 aliphatic heterocycles. The molecule has 1 aliphatic rings. The van der Waals surface area contributed by atoms with E-state index in [0.717, 1.165) is 5.39 Å². The van der Waals surface area contributed by atoms with Crippen LogP contribution in [0.3, 0.4) is 0 Å². The minimum atomic E-state index is -1.37. The van der Waals surface area contributed by atoms with E-state index in [1.807, 2.05) is 45.0 Å². The summed E-state index contributed by atoms with van der Waals surface area (Å²) in [5.74, 6) is -1.54. The van der Waals surface area contributed by atoms with Crippen molar-refractivity contribution in [3.8, 4) is 0 Å². The van der Waals surface area contributed by atoms with Gasteiger partial charge in [0.25, 0.3) is 5.91 Å². The Kier molecular flexibility index (Phi) is 4.24. The van der Waals surface area contributed by atoms with E-state index >= 15 is 0 Å².